The highest BCUT2D eigenvalue weighted by molar-refractivity contribution is 7.89. The molecule has 0 atom stereocenters. The lowest BCUT2D eigenvalue weighted by molar-refractivity contribution is -0.120. The molecule has 1 heterocycles. The van der Waals surface area contributed by atoms with Gasteiger partial charge in [0.15, 0.2) is 4.77 Å². The zero-order chi connectivity index (χ0) is 19.2. The molecule has 1 aromatic heterocycles. The number of nitrogens with zero attached hydrogens (tertiary/aromatic N) is 2. The Morgan fingerprint density at radius 1 is 1.35 bits per heavy atom. The Morgan fingerprint density at radius 2 is 2.08 bits per heavy atom. The van der Waals surface area contributed by atoms with Gasteiger partial charge in [-0.2, -0.15) is 5.10 Å². The Kier molecular flexibility index (Phi) is 7.33. The van der Waals surface area contributed by atoms with Crippen LogP contribution in [0.3, 0.4) is 0 Å². The highest BCUT2D eigenvalue weighted by Crippen LogP contribution is 2.19. The molecule has 0 saturated heterocycles. The molecule has 11 heteroatoms. The molecule has 0 bridgehead atoms. The monoisotopic (exact) mass is 417 g/mol. The van der Waals surface area contributed by atoms with Crippen LogP contribution in [0.15, 0.2) is 29.2 Å². The summed E-state index contributed by atoms with van der Waals surface area (Å²) in [5.74, 6) is 0.501. The highest BCUT2D eigenvalue weighted by atomic mass is 35.5. The maximum Gasteiger partial charge on any atom is 0.242 e. The molecule has 3 N–H and O–H groups in total. The van der Waals surface area contributed by atoms with Gasteiger partial charge in [0.2, 0.25) is 15.9 Å². The number of nitrogens with one attached hydrogen (secondary N) is 3. The van der Waals surface area contributed by atoms with Crippen molar-refractivity contribution in [3.63, 3.8) is 0 Å². The van der Waals surface area contributed by atoms with Crippen molar-refractivity contribution in [1.82, 2.24) is 24.8 Å². The number of hydrogen-bond donors (Lipinski definition) is 3. The molecule has 2 aromatic rings. The van der Waals surface area contributed by atoms with Gasteiger partial charge in [-0.05, 0) is 31.3 Å². The molecule has 0 saturated carbocycles. The molecular weight excluding hydrogens is 398 g/mol. The largest absolute Gasteiger partial charge is 0.356 e. The van der Waals surface area contributed by atoms with E-state index >= 15 is 0 Å². The first kappa shape index (κ1) is 20.6. The van der Waals surface area contributed by atoms with Crippen LogP contribution >= 0.6 is 23.8 Å². The van der Waals surface area contributed by atoms with Crippen LogP contribution in [-0.4, -0.2) is 42.2 Å². The number of H-pyrrole nitrogens is 1. The van der Waals surface area contributed by atoms with E-state index in [1.54, 1.807) is 12.1 Å². The van der Waals surface area contributed by atoms with Crippen LogP contribution in [0.4, 0.5) is 0 Å². The van der Waals surface area contributed by atoms with E-state index < -0.39 is 10.0 Å². The summed E-state index contributed by atoms with van der Waals surface area (Å²) in [7, 11) is -3.75. The predicted octanol–water partition coefficient (Wildman–Crippen LogP) is 1.64. The van der Waals surface area contributed by atoms with Gasteiger partial charge in [0.05, 0.1) is 5.02 Å². The Balaban J connectivity index is 1.77. The van der Waals surface area contributed by atoms with Crippen LogP contribution in [0, 0.1) is 4.77 Å². The third-order valence-corrected chi connectivity index (χ3v) is 5.87. The number of hydrogen-bond acceptors (Lipinski definition) is 5. The van der Waals surface area contributed by atoms with Crippen LogP contribution in [0.25, 0.3) is 0 Å². The van der Waals surface area contributed by atoms with E-state index in [4.69, 9.17) is 23.8 Å². The van der Waals surface area contributed by atoms with Crippen molar-refractivity contribution in [2.75, 3.05) is 13.1 Å². The molecule has 0 spiro atoms. The summed E-state index contributed by atoms with van der Waals surface area (Å²) in [5, 5.41) is 9.68. The lowest BCUT2D eigenvalue weighted by Gasteiger charge is -2.09. The number of sulfonamides is 1. The summed E-state index contributed by atoms with van der Waals surface area (Å²) in [6.45, 7) is 3.02. The van der Waals surface area contributed by atoms with Gasteiger partial charge in [-0.1, -0.05) is 23.7 Å². The van der Waals surface area contributed by atoms with Gasteiger partial charge < -0.3 is 9.88 Å². The summed E-state index contributed by atoms with van der Waals surface area (Å²) >= 11 is 11.0. The fourth-order valence-corrected chi connectivity index (χ4v) is 4.14. The molecule has 0 radical (unpaired) electrons. The fourth-order valence-electron chi connectivity index (χ4n) is 2.31. The number of rotatable bonds is 9. The summed E-state index contributed by atoms with van der Waals surface area (Å²) in [6, 6.07) is 6.13. The first-order valence-electron chi connectivity index (χ1n) is 8.00. The molecule has 2 rings (SSSR count). The summed E-state index contributed by atoms with van der Waals surface area (Å²) in [6.07, 6.45) is 0.544. The molecule has 1 aromatic carbocycles. The Bertz CT molecular complexity index is 923. The van der Waals surface area contributed by atoms with Gasteiger partial charge >= 0.3 is 0 Å². The molecule has 26 heavy (non-hydrogen) atoms. The number of carbonyl (C=O) groups excluding carboxylic acids is 1. The molecule has 0 aliphatic rings. The van der Waals surface area contributed by atoms with E-state index in [9.17, 15) is 13.2 Å². The predicted molar refractivity (Wildman–Crippen MR) is 101 cm³/mol. The van der Waals surface area contributed by atoms with Gasteiger partial charge in [0, 0.05) is 32.5 Å². The van der Waals surface area contributed by atoms with Crippen molar-refractivity contribution in [3.05, 3.63) is 39.9 Å². The van der Waals surface area contributed by atoms with E-state index in [1.165, 1.54) is 12.1 Å². The second-order valence-electron chi connectivity index (χ2n) is 5.37. The van der Waals surface area contributed by atoms with E-state index in [0.717, 1.165) is 5.82 Å². The highest BCUT2D eigenvalue weighted by Gasteiger charge is 2.17. The van der Waals surface area contributed by atoms with E-state index in [-0.39, 0.29) is 28.8 Å². The van der Waals surface area contributed by atoms with Crippen LogP contribution in [0.1, 0.15) is 19.2 Å². The van der Waals surface area contributed by atoms with Crippen molar-refractivity contribution in [1.29, 1.82) is 0 Å². The van der Waals surface area contributed by atoms with Gasteiger partial charge in [-0.25, -0.2) is 13.1 Å². The molecule has 0 aliphatic carbocycles. The fraction of sp³-hybridized carbons (Fsp3) is 0.400. The standard InChI is InChI=1S/C15H20ClN5O3S2/c1-2-21-13(19-20-15(21)25)7-9-17-14(22)8-10-18-26(23,24)12-6-4-3-5-11(12)16/h3-6,18H,2,7-10H2,1H3,(H,17,22)(H,20,25). The maximum absolute atomic E-state index is 12.2. The van der Waals surface area contributed by atoms with E-state index in [1.807, 2.05) is 11.5 Å². The molecule has 0 unspecified atom stereocenters. The van der Waals surface area contributed by atoms with Crippen molar-refractivity contribution < 1.29 is 13.2 Å². The van der Waals surface area contributed by atoms with Crippen molar-refractivity contribution in [2.45, 2.75) is 31.2 Å². The van der Waals surface area contributed by atoms with E-state index in [0.29, 0.717) is 24.3 Å². The van der Waals surface area contributed by atoms with Crippen LogP contribution in [0.5, 0.6) is 0 Å². The first-order chi connectivity index (χ1) is 12.3. The summed E-state index contributed by atoms with van der Waals surface area (Å²) in [5.41, 5.74) is 0. The summed E-state index contributed by atoms with van der Waals surface area (Å²) in [4.78, 5) is 11.8. The number of aromatic nitrogens is 3. The minimum Gasteiger partial charge on any atom is -0.356 e. The first-order valence-corrected chi connectivity index (χ1v) is 10.3. The molecule has 0 aliphatic heterocycles. The lowest BCUT2D eigenvalue weighted by Crippen LogP contribution is -2.32. The number of aromatic amines is 1. The Hall–Kier alpha value is -1.75. The number of amides is 1. The second kappa shape index (κ2) is 9.26. The smallest absolute Gasteiger partial charge is 0.242 e. The Labute approximate surface area is 162 Å². The average molecular weight is 418 g/mol. The molecule has 142 valence electrons. The minimum absolute atomic E-state index is 0.00977. The van der Waals surface area contributed by atoms with Crippen LogP contribution in [-0.2, 0) is 27.8 Å². The van der Waals surface area contributed by atoms with Crippen molar-refractivity contribution in [3.8, 4) is 0 Å². The van der Waals surface area contributed by atoms with Crippen molar-refractivity contribution >= 4 is 39.7 Å². The molecule has 8 nitrogen and oxygen atoms in total. The lowest BCUT2D eigenvalue weighted by atomic mass is 10.3. The third-order valence-electron chi connectivity index (χ3n) is 3.59. The van der Waals surface area contributed by atoms with Crippen LogP contribution in [0.2, 0.25) is 5.02 Å². The number of benzene rings is 1. The van der Waals surface area contributed by atoms with Gasteiger partial charge in [-0.15, -0.1) is 0 Å². The topological polar surface area (TPSA) is 109 Å². The third kappa shape index (κ3) is 5.37. The molecular formula is C15H20ClN5O3S2. The Morgan fingerprint density at radius 3 is 2.77 bits per heavy atom. The summed E-state index contributed by atoms with van der Waals surface area (Å²) < 4.78 is 29.1. The van der Waals surface area contributed by atoms with Crippen molar-refractivity contribution in [2.24, 2.45) is 0 Å². The zero-order valence-electron chi connectivity index (χ0n) is 14.2. The molecule has 1 amide bonds. The quantitative estimate of drug-likeness (QED) is 0.537. The minimum atomic E-state index is -3.75. The van der Waals surface area contributed by atoms with Crippen LogP contribution < -0.4 is 10.0 Å². The SMILES string of the molecule is CCn1c(CCNC(=O)CCNS(=O)(=O)c2ccccc2Cl)n[nH]c1=S. The van der Waals surface area contributed by atoms with E-state index in [2.05, 4.69) is 20.2 Å². The van der Waals surface area contributed by atoms with Gasteiger partial charge in [-0.3, -0.25) is 9.89 Å². The number of halogens is 1. The average Bonchev–Trinajstić information content (AvgIpc) is 2.94. The second-order valence-corrected chi connectivity index (χ2v) is 7.90. The maximum atomic E-state index is 12.2. The van der Waals surface area contributed by atoms with Gasteiger partial charge in [0.25, 0.3) is 0 Å². The zero-order valence-corrected chi connectivity index (χ0v) is 16.5. The molecule has 0 fully saturated rings. The number of carbonyl (C=O) groups is 1. The van der Waals surface area contributed by atoms with Gasteiger partial charge in [0.1, 0.15) is 10.7 Å². The normalized spacial score (nSPS) is 11.5.